The number of morpholine rings is 1. The third-order valence-corrected chi connectivity index (χ3v) is 6.67. The van der Waals surface area contributed by atoms with Crippen molar-refractivity contribution in [3.8, 4) is 5.75 Å². The number of likely N-dealkylation sites (tertiary alicyclic amines) is 1. The van der Waals surface area contributed by atoms with Crippen molar-refractivity contribution in [2.45, 2.75) is 38.8 Å². The van der Waals surface area contributed by atoms with Gasteiger partial charge in [-0.1, -0.05) is 0 Å². The Morgan fingerprint density at radius 2 is 1.79 bits per heavy atom. The molecule has 3 N–H and O–H groups in total. The predicted octanol–water partition coefficient (Wildman–Crippen LogP) is 4.04. The van der Waals surface area contributed by atoms with Gasteiger partial charge in [-0.05, 0) is 57.0 Å². The zero-order chi connectivity index (χ0) is 23.5. The molecule has 0 radical (unpaired) electrons. The van der Waals surface area contributed by atoms with Crippen LogP contribution in [-0.4, -0.2) is 66.4 Å². The highest BCUT2D eigenvalue weighted by Gasteiger charge is 2.23. The van der Waals surface area contributed by atoms with Crippen LogP contribution in [0.3, 0.4) is 0 Å². The van der Waals surface area contributed by atoms with Gasteiger partial charge in [0.25, 0.3) is 0 Å². The molecular formula is C26H34N6O2. The average molecular weight is 463 g/mol. The summed E-state index contributed by atoms with van der Waals surface area (Å²) in [6.45, 7) is 9.97. The maximum atomic E-state index is 6.43. The molecule has 0 aliphatic carbocycles. The summed E-state index contributed by atoms with van der Waals surface area (Å²) in [7, 11) is 0. The first-order chi connectivity index (χ1) is 16.5. The SMILES string of the molecule is CC(C)N1CCC(Oc2cc(N)cc3cnc(Nc4ccc(N5CCOCC5)cc4)nc23)CC1. The predicted molar refractivity (Wildman–Crippen MR) is 137 cm³/mol. The van der Waals surface area contributed by atoms with E-state index < -0.39 is 0 Å². The number of benzene rings is 2. The van der Waals surface area contributed by atoms with Crippen LogP contribution in [0.1, 0.15) is 26.7 Å². The van der Waals surface area contributed by atoms with Crippen molar-refractivity contribution in [3.05, 3.63) is 42.6 Å². The monoisotopic (exact) mass is 462 g/mol. The van der Waals surface area contributed by atoms with E-state index in [2.05, 4.69) is 58.2 Å². The summed E-state index contributed by atoms with van der Waals surface area (Å²) in [5, 5.41) is 4.21. The fourth-order valence-corrected chi connectivity index (χ4v) is 4.68. The first-order valence-electron chi connectivity index (χ1n) is 12.2. The smallest absolute Gasteiger partial charge is 0.227 e. The van der Waals surface area contributed by atoms with Crippen LogP contribution >= 0.6 is 0 Å². The number of nitrogen functional groups attached to an aromatic ring is 1. The highest BCUT2D eigenvalue weighted by atomic mass is 16.5. The summed E-state index contributed by atoms with van der Waals surface area (Å²) in [6, 6.07) is 12.7. The standard InChI is InChI=1S/C26H34N6O2/c1-18(2)31-9-7-23(8-10-31)34-24-16-20(27)15-19-17-28-26(30-25(19)24)29-21-3-5-22(6-4-21)32-11-13-33-14-12-32/h3-6,15-18,23H,7-14,27H2,1-2H3,(H,28,29,30). The van der Waals surface area contributed by atoms with Crippen molar-refractivity contribution in [2.75, 3.05) is 55.3 Å². The van der Waals surface area contributed by atoms with Gasteiger partial charge in [0.15, 0.2) is 0 Å². The number of nitrogens with two attached hydrogens (primary N) is 1. The maximum Gasteiger partial charge on any atom is 0.227 e. The third kappa shape index (κ3) is 5.18. The molecule has 8 heteroatoms. The molecule has 0 spiro atoms. The van der Waals surface area contributed by atoms with Crippen LogP contribution in [0.5, 0.6) is 5.75 Å². The van der Waals surface area contributed by atoms with Gasteiger partial charge >= 0.3 is 0 Å². The number of anilines is 4. The lowest BCUT2D eigenvalue weighted by Gasteiger charge is -2.34. The molecule has 0 atom stereocenters. The summed E-state index contributed by atoms with van der Waals surface area (Å²) in [4.78, 5) is 14.1. The van der Waals surface area contributed by atoms with E-state index in [0.29, 0.717) is 17.7 Å². The second-order valence-corrected chi connectivity index (χ2v) is 9.37. The number of nitrogens with one attached hydrogen (secondary N) is 1. The third-order valence-electron chi connectivity index (χ3n) is 6.67. The van der Waals surface area contributed by atoms with E-state index in [1.807, 2.05) is 12.1 Å². The van der Waals surface area contributed by atoms with Crippen molar-refractivity contribution >= 4 is 33.9 Å². The van der Waals surface area contributed by atoms with Gasteiger partial charge in [0.2, 0.25) is 5.95 Å². The number of nitrogens with zero attached hydrogens (tertiary/aromatic N) is 4. The van der Waals surface area contributed by atoms with Crippen LogP contribution < -0.4 is 20.7 Å². The molecule has 3 aromatic rings. The van der Waals surface area contributed by atoms with Crippen LogP contribution in [0.4, 0.5) is 23.0 Å². The number of hydrogen-bond acceptors (Lipinski definition) is 8. The number of fused-ring (bicyclic) bond motifs is 1. The topological polar surface area (TPSA) is 88.8 Å². The molecule has 0 saturated carbocycles. The zero-order valence-electron chi connectivity index (χ0n) is 20.0. The second-order valence-electron chi connectivity index (χ2n) is 9.37. The van der Waals surface area contributed by atoms with Crippen LogP contribution in [0.15, 0.2) is 42.6 Å². The zero-order valence-corrected chi connectivity index (χ0v) is 20.0. The quantitative estimate of drug-likeness (QED) is 0.531. The molecule has 0 bridgehead atoms. The average Bonchev–Trinajstić information content (AvgIpc) is 2.86. The minimum Gasteiger partial charge on any atom is -0.488 e. The number of hydrogen-bond donors (Lipinski definition) is 2. The Bertz CT molecular complexity index is 1110. The summed E-state index contributed by atoms with van der Waals surface area (Å²) >= 11 is 0. The van der Waals surface area contributed by atoms with Gasteiger partial charge in [-0.3, -0.25) is 0 Å². The first-order valence-corrected chi connectivity index (χ1v) is 12.2. The Labute approximate surface area is 201 Å². The first kappa shape index (κ1) is 22.7. The van der Waals surface area contributed by atoms with E-state index in [4.69, 9.17) is 20.2 Å². The fourth-order valence-electron chi connectivity index (χ4n) is 4.68. The largest absolute Gasteiger partial charge is 0.488 e. The van der Waals surface area contributed by atoms with Crippen molar-refractivity contribution in [2.24, 2.45) is 0 Å². The van der Waals surface area contributed by atoms with Gasteiger partial charge < -0.3 is 30.3 Å². The molecule has 3 heterocycles. The molecule has 2 aliphatic rings. The number of ether oxygens (including phenoxy) is 2. The second kappa shape index (κ2) is 10.0. The van der Waals surface area contributed by atoms with E-state index in [1.54, 1.807) is 6.20 Å². The van der Waals surface area contributed by atoms with Gasteiger partial charge in [0.1, 0.15) is 17.4 Å². The minimum atomic E-state index is 0.166. The summed E-state index contributed by atoms with van der Waals surface area (Å²) in [6.07, 6.45) is 3.97. The molecule has 8 nitrogen and oxygen atoms in total. The van der Waals surface area contributed by atoms with Gasteiger partial charge in [0.05, 0.1) is 13.2 Å². The Morgan fingerprint density at radius 1 is 1.06 bits per heavy atom. The van der Waals surface area contributed by atoms with Crippen LogP contribution in [-0.2, 0) is 4.74 Å². The van der Waals surface area contributed by atoms with Gasteiger partial charge in [-0.25, -0.2) is 9.97 Å². The van der Waals surface area contributed by atoms with E-state index >= 15 is 0 Å². The highest BCUT2D eigenvalue weighted by Crippen LogP contribution is 2.31. The molecule has 2 fully saturated rings. The molecule has 2 aromatic carbocycles. The van der Waals surface area contributed by atoms with E-state index in [0.717, 1.165) is 74.6 Å². The number of piperidine rings is 1. The van der Waals surface area contributed by atoms with Gasteiger partial charge in [0, 0.05) is 66.9 Å². The molecule has 0 amide bonds. The van der Waals surface area contributed by atoms with Gasteiger partial charge in [-0.2, -0.15) is 0 Å². The van der Waals surface area contributed by atoms with Crippen LogP contribution in [0.2, 0.25) is 0 Å². The lowest BCUT2D eigenvalue weighted by Crippen LogP contribution is -2.41. The van der Waals surface area contributed by atoms with Crippen molar-refractivity contribution in [1.29, 1.82) is 0 Å². The van der Waals surface area contributed by atoms with Crippen molar-refractivity contribution in [1.82, 2.24) is 14.9 Å². The molecule has 5 rings (SSSR count). The maximum absolute atomic E-state index is 6.43. The summed E-state index contributed by atoms with van der Waals surface area (Å²) in [5.41, 5.74) is 9.73. The summed E-state index contributed by atoms with van der Waals surface area (Å²) < 4.78 is 11.9. The molecule has 34 heavy (non-hydrogen) atoms. The van der Waals surface area contributed by atoms with Crippen molar-refractivity contribution < 1.29 is 9.47 Å². The van der Waals surface area contributed by atoms with E-state index in [9.17, 15) is 0 Å². The van der Waals surface area contributed by atoms with E-state index in [1.165, 1.54) is 5.69 Å². The molecule has 180 valence electrons. The van der Waals surface area contributed by atoms with Gasteiger partial charge in [-0.15, -0.1) is 0 Å². The lowest BCUT2D eigenvalue weighted by atomic mass is 10.1. The Kier molecular flexibility index (Phi) is 6.69. The normalized spacial score (nSPS) is 17.9. The molecule has 0 unspecified atom stereocenters. The lowest BCUT2D eigenvalue weighted by molar-refractivity contribution is 0.0852. The molecular weight excluding hydrogens is 428 g/mol. The molecule has 1 aromatic heterocycles. The Morgan fingerprint density at radius 3 is 2.50 bits per heavy atom. The Balaban J connectivity index is 1.32. The molecule has 2 saturated heterocycles. The minimum absolute atomic E-state index is 0.166. The highest BCUT2D eigenvalue weighted by molar-refractivity contribution is 5.88. The number of aromatic nitrogens is 2. The fraction of sp³-hybridized carbons (Fsp3) is 0.462. The van der Waals surface area contributed by atoms with Crippen LogP contribution in [0.25, 0.3) is 10.9 Å². The van der Waals surface area contributed by atoms with Crippen molar-refractivity contribution in [3.63, 3.8) is 0 Å². The van der Waals surface area contributed by atoms with Crippen LogP contribution in [0, 0.1) is 0 Å². The van der Waals surface area contributed by atoms with E-state index in [-0.39, 0.29) is 6.10 Å². The Hall–Kier alpha value is -3.10. The summed E-state index contributed by atoms with van der Waals surface area (Å²) in [5.74, 6) is 1.27. The molecule has 2 aliphatic heterocycles. The number of rotatable bonds is 6.